The highest BCUT2D eigenvalue weighted by molar-refractivity contribution is 6.06. The van der Waals surface area contributed by atoms with Gasteiger partial charge in [-0.05, 0) is 35.9 Å². The summed E-state index contributed by atoms with van der Waals surface area (Å²) in [4.78, 5) is 23.1. The summed E-state index contributed by atoms with van der Waals surface area (Å²) in [5.41, 5.74) is 1.02. The summed E-state index contributed by atoms with van der Waals surface area (Å²) in [5, 5.41) is 11.6. The molecule has 0 fully saturated rings. The molecule has 2 aromatic carbocycles. The van der Waals surface area contributed by atoms with E-state index in [1.807, 2.05) is 13.8 Å². The SMILES string of the molecule is C.C.CC.COc1ccc(/C=C/C(=O)Nc2ccccc2C(=O)O)cc1OC. The average molecular weight is 389 g/mol. The Bertz CT molecular complexity index is 784. The molecule has 0 atom stereocenters. The highest BCUT2D eigenvalue weighted by atomic mass is 16.5. The van der Waals surface area contributed by atoms with E-state index in [9.17, 15) is 9.59 Å². The average Bonchev–Trinajstić information content (AvgIpc) is 2.67. The Hall–Kier alpha value is -3.28. The molecule has 6 nitrogen and oxygen atoms in total. The standard InChI is InChI=1S/C18H17NO5.C2H6.2CH4/c1-23-15-9-7-12(11-16(15)24-2)8-10-17(20)19-14-6-4-3-5-13(14)18(21)22;1-2;;/h3-11H,1-2H3,(H,19,20)(H,21,22);1-2H3;2*1H4/b10-8+;;;. The van der Waals surface area contributed by atoms with Crippen LogP contribution in [-0.2, 0) is 4.79 Å². The van der Waals surface area contributed by atoms with E-state index in [2.05, 4.69) is 5.32 Å². The molecule has 0 saturated heterocycles. The summed E-state index contributed by atoms with van der Waals surface area (Å²) >= 11 is 0. The van der Waals surface area contributed by atoms with Gasteiger partial charge in [0.2, 0.25) is 5.91 Å². The fraction of sp³-hybridized carbons (Fsp3) is 0.273. The highest BCUT2D eigenvalue weighted by Crippen LogP contribution is 2.28. The van der Waals surface area contributed by atoms with Crippen LogP contribution >= 0.6 is 0 Å². The lowest BCUT2D eigenvalue weighted by Crippen LogP contribution is -2.11. The lowest BCUT2D eigenvalue weighted by atomic mass is 10.1. The van der Waals surface area contributed by atoms with Crippen molar-refractivity contribution in [2.75, 3.05) is 19.5 Å². The van der Waals surface area contributed by atoms with Crippen molar-refractivity contribution in [2.24, 2.45) is 0 Å². The van der Waals surface area contributed by atoms with Crippen LogP contribution in [0, 0.1) is 0 Å². The van der Waals surface area contributed by atoms with Crippen LogP contribution in [0.5, 0.6) is 11.5 Å². The van der Waals surface area contributed by atoms with Gasteiger partial charge in [-0.15, -0.1) is 0 Å². The number of benzene rings is 2. The molecule has 0 heterocycles. The minimum atomic E-state index is -1.10. The Labute approximate surface area is 167 Å². The molecule has 0 aliphatic carbocycles. The second-order valence-corrected chi connectivity index (χ2v) is 4.79. The number of nitrogens with one attached hydrogen (secondary N) is 1. The van der Waals surface area contributed by atoms with Crippen molar-refractivity contribution in [3.8, 4) is 11.5 Å². The molecule has 2 N–H and O–H groups in total. The number of para-hydroxylation sites is 1. The fourth-order valence-electron chi connectivity index (χ4n) is 2.08. The normalized spacial score (nSPS) is 9.14. The Kier molecular flexibility index (Phi) is 13.3. The third kappa shape index (κ3) is 7.53. The number of carbonyl (C=O) groups is 2. The van der Waals surface area contributed by atoms with E-state index in [4.69, 9.17) is 14.6 Å². The summed E-state index contributed by atoms with van der Waals surface area (Å²) in [6.45, 7) is 4.00. The molecule has 28 heavy (non-hydrogen) atoms. The van der Waals surface area contributed by atoms with E-state index in [1.54, 1.807) is 43.5 Å². The number of amides is 1. The number of rotatable bonds is 6. The van der Waals surface area contributed by atoms with Crippen molar-refractivity contribution >= 4 is 23.6 Å². The third-order valence-corrected chi connectivity index (χ3v) is 3.25. The molecular formula is C22H31NO5. The van der Waals surface area contributed by atoms with Gasteiger partial charge in [0, 0.05) is 6.08 Å². The zero-order chi connectivity index (χ0) is 19.5. The first-order valence-corrected chi connectivity index (χ1v) is 8.08. The van der Waals surface area contributed by atoms with E-state index < -0.39 is 11.9 Å². The van der Waals surface area contributed by atoms with Crippen LogP contribution in [0.3, 0.4) is 0 Å². The van der Waals surface area contributed by atoms with Crippen molar-refractivity contribution in [3.05, 3.63) is 59.7 Å². The van der Waals surface area contributed by atoms with Crippen LogP contribution < -0.4 is 14.8 Å². The number of methoxy groups -OCH3 is 2. The minimum Gasteiger partial charge on any atom is -0.493 e. The predicted molar refractivity (Wildman–Crippen MR) is 115 cm³/mol. The van der Waals surface area contributed by atoms with Crippen molar-refractivity contribution < 1.29 is 24.2 Å². The monoisotopic (exact) mass is 389 g/mol. The summed E-state index contributed by atoms with van der Waals surface area (Å²) in [5.74, 6) is -0.390. The van der Waals surface area contributed by atoms with Gasteiger partial charge in [-0.25, -0.2) is 4.79 Å². The molecule has 6 heteroatoms. The number of carbonyl (C=O) groups excluding carboxylic acids is 1. The Morgan fingerprint density at radius 3 is 2.14 bits per heavy atom. The van der Waals surface area contributed by atoms with E-state index in [-0.39, 0.29) is 26.1 Å². The molecule has 2 aromatic rings. The number of carboxylic acid groups (broad SMARTS) is 1. The van der Waals surface area contributed by atoms with Gasteiger partial charge in [-0.3, -0.25) is 4.79 Å². The van der Waals surface area contributed by atoms with E-state index >= 15 is 0 Å². The van der Waals surface area contributed by atoms with Gasteiger partial charge in [0.25, 0.3) is 0 Å². The maximum absolute atomic E-state index is 12.0. The lowest BCUT2D eigenvalue weighted by Gasteiger charge is -2.08. The summed E-state index contributed by atoms with van der Waals surface area (Å²) < 4.78 is 10.3. The first kappa shape index (κ1) is 26.9. The molecule has 1 amide bonds. The van der Waals surface area contributed by atoms with Crippen molar-refractivity contribution in [1.82, 2.24) is 0 Å². The lowest BCUT2D eigenvalue weighted by molar-refractivity contribution is -0.111. The number of carboxylic acids is 1. The van der Waals surface area contributed by atoms with Gasteiger partial charge in [-0.1, -0.05) is 46.9 Å². The van der Waals surface area contributed by atoms with Crippen LogP contribution in [0.1, 0.15) is 44.6 Å². The van der Waals surface area contributed by atoms with Crippen molar-refractivity contribution in [2.45, 2.75) is 28.7 Å². The smallest absolute Gasteiger partial charge is 0.337 e. The number of ether oxygens (including phenoxy) is 2. The predicted octanol–water partition coefficient (Wildman–Crippen LogP) is 5.35. The number of hydrogen-bond acceptors (Lipinski definition) is 4. The Morgan fingerprint density at radius 1 is 0.964 bits per heavy atom. The molecule has 2 rings (SSSR count). The summed E-state index contributed by atoms with van der Waals surface area (Å²) in [6, 6.07) is 11.4. The van der Waals surface area contributed by atoms with Crippen molar-refractivity contribution in [1.29, 1.82) is 0 Å². The van der Waals surface area contributed by atoms with E-state index in [0.717, 1.165) is 5.56 Å². The Morgan fingerprint density at radius 2 is 1.57 bits per heavy atom. The maximum Gasteiger partial charge on any atom is 0.337 e. The summed E-state index contributed by atoms with van der Waals surface area (Å²) in [6.07, 6.45) is 2.92. The fourth-order valence-corrected chi connectivity index (χ4v) is 2.08. The zero-order valence-corrected chi connectivity index (χ0v) is 15.3. The van der Waals surface area contributed by atoms with Gasteiger partial charge in [0.05, 0.1) is 25.5 Å². The van der Waals surface area contributed by atoms with Crippen LogP contribution in [0.2, 0.25) is 0 Å². The van der Waals surface area contributed by atoms with Crippen LogP contribution in [0.4, 0.5) is 5.69 Å². The highest BCUT2D eigenvalue weighted by Gasteiger charge is 2.10. The van der Waals surface area contributed by atoms with Crippen LogP contribution in [0.25, 0.3) is 6.08 Å². The van der Waals surface area contributed by atoms with Gasteiger partial charge in [0.1, 0.15) is 0 Å². The number of aromatic carboxylic acids is 1. The van der Waals surface area contributed by atoms with E-state index in [1.165, 1.54) is 25.3 Å². The molecule has 154 valence electrons. The number of anilines is 1. The first-order valence-electron chi connectivity index (χ1n) is 8.08. The van der Waals surface area contributed by atoms with Gasteiger partial charge in [0.15, 0.2) is 11.5 Å². The molecule has 0 spiro atoms. The second-order valence-electron chi connectivity index (χ2n) is 4.79. The molecule has 0 aliphatic heterocycles. The molecule has 0 aromatic heterocycles. The van der Waals surface area contributed by atoms with Crippen molar-refractivity contribution in [3.63, 3.8) is 0 Å². The maximum atomic E-state index is 12.0. The summed E-state index contributed by atoms with van der Waals surface area (Å²) in [7, 11) is 3.07. The molecule has 0 bridgehead atoms. The molecule has 0 radical (unpaired) electrons. The topological polar surface area (TPSA) is 84.9 Å². The second kappa shape index (κ2) is 13.9. The molecule has 0 saturated carbocycles. The quantitative estimate of drug-likeness (QED) is 0.650. The number of hydrogen-bond donors (Lipinski definition) is 2. The van der Waals surface area contributed by atoms with Gasteiger partial charge in [-0.2, -0.15) is 0 Å². The first-order chi connectivity index (χ1) is 12.5. The van der Waals surface area contributed by atoms with Gasteiger partial charge < -0.3 is 19.9 Å². The Balaban J connectivity index is 0. The molecule has 0 aliphatic rings. The zero-order valence-electron chi connectivity index (χ0n) is 15.3. The van der Waals surface area contributed by atoms with E-state index in [0.29, 0.717) is 11.5 Å². The van der Waals surface area contributed by atoms with Crippen LogP contribution in [0.15, 0.2) is 48.5 Å². The molecule has 0 unspecified atom stereocenters. The minimum absolute atomic E-state index is 0. The largest absolute Gasteiger partial charge is 0.493 e. The molecular weight excluding hydrogens is 358 g/mol. The third-order valence-electron chi connectivity index (χ3n) is 3.25. The van der Waals surface area contributed by atoms with Gasteiger partial charge >= 0.3 is 5.97 Å². The van der Waals surface area contributed by atoms with Crippen LogP contribution in [-0.4, -0.2) is 31.2 Å².